The van der Waals surface area contributed by atoms with Crippen LogP contribution in [0.2, 0.25) is 0 Å². The number of anilines is 1. The Morgan fingerprint density at radius 3 is 1.74 bits per heavy atom. The van der Waals surface area contributed by atoms with E-state index in [2.05, 4.69) is 0 Å². The molecule has 0 atom stereocenters. The van der Waals surface area contributed by atoms with Crippen LogP contribution in [0.15, 0.2) is 58.3 Å². The number of benzene rings is 2. The molecule has 144 valence electrons. The number of nitrogens with one attached hydrogen (secondary N) is 2. The summed E-state index contributed by atoms with van der Waals surface area (Å²) in [5.41, 5.74) is 1.49. The fraction of sp³-hybridized carbons (Fsp3) is 0.235. The zero-order valence-corrected chi connectivity index (χ0v) is 16.2. The van der Waals surface area contributed by atoms with E-state index in [9.17, 15) is 21.6 Å². The van der Waals surface area contributed by atoms with Crippen LogP contribution in [0.4, 0.5) is 5.69 Å². The Morgan fingerprint density at radius 2 is 1.30 bits per heavy atom. The van der Waals surface area contributed by atoms with E-state index in [0.717, 1.165) is 12.0 Å². The van der Waals surface area contributed by atoms with Gasteiger partial charge in [-0.05, 0) is 49.7 Å². The highest BCUT2D eigenvalue weighted by Crippen LogP contribution is 2.22. The zero-order valence-electron chi connectivity index (χ0n) is 14.5. The molecule has 2 aromatic carbocycles. The summed E-state index contributed by atoms with van der Waals surface area (Å²) in [5.74, 6) is -0.00501. The van der Waals surface area contributed by atoms with Crippen LogP contribution in [-0.4, -0.2) is 29.3 Å². The lowest BCUT2D eigenvalue weighted by atomic mass is 10.2. The first-order valence-electron chi connectivity index (χ1n) is 8.20. The summed E-state index contributed by atoms with van der Waals surface area (Å²) in [5, 5.41) is 0. The molecule has 0 aliphatic carbocycles. The number of nitrogens with zero attached hydrogens (tertiary/aromatic N) is 1. The van der Waals surface area contributed by atoms with Crippen molar-refractivity contribution >= 4 is 31.6 Å². The van der Waals surface area contributed by atoms with Gasteiger partial charge in [0.25, 0.3) is 20.0 Å². The van der Waals surface area contributed by atoms with Gasteiger partial charge in [0.2, 0.25) is 5.91 Å². The van der Waals surface area contributed by atoms with Gasteiger partial charge in [-0.1, -0.05) is 17.7 Å². The average Bonchev–Trinajstić information content (AvgIpc) is 3.07. The molecular weight excluding hydrogens is 390 g/mol. The lowest BCUT2D eigenvalue weighted by Gasteiger charge is -2.16. The topological polar surface area (TPSA) is 113 Å². The molecule has 1 saturated heterocycles. The Hall–Kier alpha value is -2.27. The van der Waals surface area contributed by atoms with Crippen LogP contribution in [0, 0.1) is 6.92 Å². The second kappa shape index (κ2) is 7.39. The fourth-order valence-corrected chi connectivity index (χ4v) is 4.77. The molecule has 3 rings (SSSR count). The molecule has 0 spiro atoms. The first-order chi connectivity index (χ1) is 12.7. The molecule has 27 heavy (non-hydrogen) atoms. The van der Waals surface area contributed by atoms with Gasteiger partial charge >= 0.3 is 0 Å². The van der Waals surface area contributed by atoms with Crippen LogP contribution in [-0.2, 0) is 24.8 Å². The van der Waals surface area contributed by atoms with E-state index in [-0.39, 0.29) is 15.7 Å². The maximum atomic E-state index is 12.3. The molecule has 0 saturated carbocycles. The number of carbonyl (C=O) groups is 1. The largest absolute Gasteiger partial charge is 0.312 e. The van der Waals surface area contributed by atoms with Gasteiger partial charge in [-0.2, -0.15) is 0 Å². The number of carbonyl (C=O) groups excluding carboxylic acids is 1. The predicted molar refractivity (Wildman–Crippen MR) is 99.9 cm³/mol. The Labute approximate surface area is 158 Å². The van der Waals surface area contributed by atoms with Crippen molar-refractivity contribution < 1.29 is 21.6 Å². The monoisotopic (exact) mass is 409 g/mol. The lowest BCUT2D eigenvalue weighted by Crippen LogP contribution is -2.41. The van der Waals surface area contributed by atoms with Crippen molar-refractivity contribution in [1.82, 2.24) is 9.66 Å². The van der Waals surface area contributed by atoms with E-state index in [4.69, 9.17) is 0 Å². The predicted octanol–water partition coefficient (Wildman–Crippen LogP) is 1.29. The number of aryl methyl sites for hydroxylation is 1. The Balaban J connectivity index is 1.73. The van der Waals surface area contributed by atoms with Gasteiger partial charge in [0, 0.05) is 18.7 Å². The first kappa shape index (κ1) is 19.5. The van der Waals surface area contributed by atoms with Crippen molar-refractivity contribution in [1.29, 1.82) is 0 Å². The van der Waals surface area contributed by atoms with Crippen molar-refractivity contribution in [2.24, 2.45) is 0 Å². The van der Waals surface area contributed by atoms with Crippen LogP contribution in [0.25, 0.3) is 0 Å². The molecule has 0 radical (unpaired) electrons. The number of hydrogen-bond donors (Lipinski definition) is 2. The summed E-state index contributed by atoms with van der Waals surface area (Å²) in [6.45, 7) is 2.41. The molecule has 1 amide bonds. The highest BCUT2D eigenvalue weighted by Gasteiger charge is 2.23. The minimum Gasteiger partial charge on any atom is -0.312 e. The molecule has 1 fully saturated rings. The second-order valence-corrected chi connectivity index (χ2v) is 9.53. The van der Waals surface area contributed by atoms with Crippen molar-refractivity contribution in [2.45, 2.75) is 29.6 Å². The summed E-state index contributed by atoms with van der Waals surface area (Å²) in [6, 6.07) is 11.7. The van der Waals surface area contributed by atoms with Gasteiger partial charge in [-0.3, -0.25) is 4.79 Å². The maximum absolute atomic E-state index is 12.3. The highest BCUT2D eigenvalue weighted by molar-refractivity contribution is 7.92. The number of rotatable bonds is 6. The van der Waals surface area contributed by atoms with E-state index < -0.39 is 20.0 Å². The molecule has 2 N–H and O–H groups in total. The summed E-state index contributed by atoms with van der Waals surface area (Å²) in [6.07, 6.45) is 1.24. The maximum Gasteiger partial charge on any atom is 0.254 e. The van der Waals surface area contributed by atoms with Crippen molar-refractivity contribution in [3.63, 3.8) is 0 Å². The van der Waals surface area contributed by atoms with Gasteiger partial charge in [-0.15, -0.1) is 9.66 Å². The fourth-order valence-electron chi connectivity index (χ4n) is 2.67. The Kier molecular flexibility index (Phi) is 5.33. The second-order valence-electron chi connectivity index (χ2n) is 6.17. The third kappa shape index (κ3) is 4.35. The molecule has 2 aromatic rings. The van der Waals surface area contributed by atoms with Gasteiger partial charge in [0.1, 0.15) is 0 Å². The van der Waals surface area contributed by atoms with Crippen LogP contribution in [0.1, 0.15) is 18.4 Å². The summed E-state index contributed by atoms with van der Waals surface area (Å²) in [7, 11) is -8.15. The van der Waals surface area contributed by atoms with Crippen molar-refractivity contribution in [3.05, 3.63) is 54.1 Å². The van der Waals surface area contributed by atoms with Crippen LogP contribution in [0.5, 0.6) is 0 Å². The van der Waals surface area contributed by atoms with E-state index in [1.807, 2.05) is 16.6 Å². The van der Waals surface area contributed by atoms with Crippen LogP contribution < -0.4 is 14.6 Å². The first-order valence-corrected chi connectivity index (χ1v) is 11.2. The van der Waals surface area contributed by atoms with Gasteiger partial charge in [-0.25, -0.2) is 16.8 Å². The minimum atomic E-state index is -4.11. The smallest absolute Gasteiger partial charge is 0.254 e. The SMILES string of the molecule is Cc1ccc(S(=O)(=O)NNS(=O)(=O)c2ccc(N3CCCC3=O)cc2)cc1. The third-order valence-electron chi connectivity index (χ3n) is 4.17. The minimum absolute atomic E-state index is 0.00501. The Morgan fingerprint density at radius 1 is 0.815 bits per heavy atom. The van der Waals surface area contributed by atoms with Crippen molar-refractivity contribution in [2.75, 3.05) is 11.4 Å². The van der Waals surface area contributed by atoms with E-state index in [1.165, 1.54) is 36.4 Å². The molecule has 0 aromatic heterocycles. The van der Waals surface area contributed by atoms with Gasteiger partial charge < -0.3 is 4.90 Å². The lowest BCUT2D eigenvalue weighted by molar-refractivity contribution is -0.117. The van der Waals surface area contributed by atoms with E-state index in [0.29, 0.717) is 18.7 Å². The molecule has 0 bridgehead atoms. The van der Waals surface area contributed by atoms with E-state index >= 15 is 0 Å². The molecule has 1 aliphatic rings. The molecule has 1 aliphatic heterocycles. The quantitative estimate of drug-likeness (QED) is 0.698. The molecule has 0 unspecified atom stereocenters. The number of sulfonamides is 2. The zero-order chi connectivity index (χ0) is 19.7. The number of hydrogen-bond acceptors (Lipinski definition) is 5. The van der Waals surface area contributed by atoms with Gasteiger partial charge in [0.05, 0.1) is 9.79 Å². The number of hydrazine groups is 1. The summed E-state index contributed by atoms with van der Waals surface area (Å²) >= 11 is 0. The van der Waals surface area contributed by atoms with Gasteiger partial charge in [0.15, 0.2) is 0 Å². The highest BCUT2D eigenvalue weighted by atomic mass is 32.2. The third-order valence-corrected chi connectivity index (χ3v) is 6.83. The van der Waals surface area contributed by atoms with E-state index in [1.54, 1.807) is 17.0 Å². The van der Waals surface area contributed by atoms with Crippen LogP contribution >= 0.6 is 0 Å². The van der Waals surface area contributed by atoms with Crippen molar-refractivity contribution in [3.8, 4) is 0 Å². The molecule has 8 nitrogen and oxygen atoms in total. The normalized spacial score (nSPS) is 15.3. The number of amides is 1. The average molecular weight is 409 g/mol. The Bertz CT molecular complexity index is 1050. The summed E-state index contributed by atoms with van der Waals surface area (Å²) < 4.78 is 49.1. The summed E-state index contributed by atoms with van der Waals surface area (Å²) in [4.78, 5) is 16.9. The molecule has 1 heterocycles. The molecule has 10 heteroatoms. The molecular formula is C17H19N3O5S2. The standard InChI is InChI=1S/C17H19N3O5S2/c1-13-4-8-15(9-5-13)26(22,23)18-19-27(24,25)16-10-6-14(7-11-16)20-12-2-3-17(20)21/h4-11,18-19H,2-3,12H2,1H3. The van der Waals surface area contributed by atoms with Crippen LogP contribution in [0.3, 0.4) is 0 Å².